The van der Waals surface area contributed by atoms with E-state index in [0.29, 0.717) is 23.1 Å². The zero-order valence-electron chi connectivity index (χ0n) is 11.7. The Morgan fingerprint density at radius 2 is 1.75 bits per heavy atom. The molecule has 0 aliphatic heterocycles. The lowest BCUT2D eigenvalue weighted by Gasteiger charge is -2.14. The van der Waals surface area contributed by atoms with E-state index in [-0.39, 0.29) is 0 Å². The lowest BCUT2D eigenvalue weighted by molar-refractivity contribution is 0.198. The molecule has 1 atom stereocenters. The lowest BCUT2D eigenvalue weighted by atomic mass is 10.2. The van der Waals surface area contributed by atoms with Gasteiger partial charge in [0.2, 0.25) is 11.6 Å². The number of aliphatic hydroxyl groups excluding tert-OH is 1. The minimum absolute atomic E-state index is 0.367. The standard InChI is InChI=1S/C15H17NO4/c1-10(17)11-7-8-16-14(9-11)20-15-12(18-2)5-4-6-13(15)19-3/h4-10,17H,1-3H3. The first kappa shape index (κ1) is 14.1. The third-order valence-corrected chi connectivity index (χ3v) is 2.83. The normalized spacial score (nSPS) is 11.8. The van der Waals surface area contributed by atoms with Gasteiger partial charge in [-0.05, 0) is 30.7 Å². The monoisotopic (exact) mass is 275 g/mol. The van der Waals surface area contributed by atoms with Crippen LogP contribution in [-0.2, 0) is 0 Å². The maximum absolute atomic E-state index is 9.58. The van der Waals surface area contributed by atoms with Crippen molar-refractivity contribution in [2.45, 2.75) is 13.0 Å². The van der Waals surface area contributed by atoms with Gasteiger partial charge in [-0.1, -0.05) is 6.07 Å². The number of rotatable bonds is 5. The molecule has 0 fully saturated rings. The zero-order chi connectivity index (χ0) is 14.5. The van der Waals surface area contributed by atoms with E-state index in [2.05, 4.69) is 4.98 Å². The molecule has 106 valence electrons. The largest absolute Gasteiger partial charge is 0.493 e. The topological polar surface area (TPSA) is 60.8 Å². The van der Waals surface area contributed by atoms with E-state index in [1.54, 1.807) is 51.6 Å². The van der Waals surface area contributed by atoms with Crippen molar-refractivity contribution in [1.82, 2.24) is 4.98 Å². The highest BCUT2D eigenvalue weighted by atomic mass is 16.5. The van der Waals surface area contributed by atoms with Crippen LogP contribution in [-0.4, -0.2) is 24.3 Å². The van der Waals surface area contributed by atoms with Gasteiger partial charge in [0.05, 0.1) is 20.3 Å². The van der Waals surface area contributed by atoms with Crippen molar-refractivity contribution in [2.75, 3.05) is 14.2 Å². The molecule has 1 N–H and O–H groups in total. The SMILES string of the molecule is COc1cccc(OC)c1Oc1cc(C(C)O)ccn1. The summed E-state index contributed by atoms with van der Waals surface area (Å²) in [5.74, 6) is 1.92. The predicted octanol–water partition coefficient (Wildman–Crippen LogP) is 2.94. The molecule has 0 bridgehead atoms. The first-order chi connectivity index (χ1) is 9.65. The molecule has 5 nitrogen and oxygen atoms in total. The zero-order valence-corrected chi connectivity index (χ0v) is 11.7. The van der Waals surface area contributed by atoms with Crippen LogP contribution in [0.15, 0.2) is 36.5 Å². The Morgan fingerprint density at radius 1 is 1.10 bits per heavy atom. The van der Waals surface area contributed by atoms with Crippen molar-refractivity contribution in [3.63, 3.8) is 0 Å². The summed E-state index contributed by atoms with van der Waals surface area (Å²) in [5.41, 5.74) is 0.726. The van der Waals surface area contributed by atoms with Crippen molar-refractivity contribution in [2.24, 2.45) is 0 Å². The number of benzene rings is 1. The first-order valence-electron chi connectivity index (χ1n) is 6.18. The average Bonchev–Trinajstić information content (AvgIpc) is 2.47. The molecule has 2 aromatic rings. The number of aliphatic hydroxyl groups is 1. The van der Waals surface area contributed by atoms with Gasteiger partial charge >= 0.3 is 0 Å². The second-order valence-corrected chi connectivity index (χ2v) is 4.20. The first-order valence-corrected chi connectivity index (χ1v) is 6.18. The van der Waals surface area contributed by atoms with Crippen LogP contribution in [0.5, 0.6) is 23.1 Å². The number of hydrogen-bond donors (Lipinski definition) is 1. The van der Waals surface area contributed by atoms with Crippen LogP contribution in [0, 0.1) is 0 Å². The quantitative estimate of drug-likeness (QED) is 0.909. The molecule has 0 saturated heterocycles. The molecule has 0 amide bonds. The molecule has 0 radical (unpaired) electrons. The number of hydrogen-bond acceptors (Lipinski definition) is 5. The summed E-state index contributed by atoms with van der Waals surface area (Å²) >= 11 is 0. The molecule has 1 aromatic carbocycles. The molecule has 0 saturated carbocycles. The Kier molecular flexibility index (Phi) is 4.42. The third kappa shape index (κ3) is 3.00. The van der Waals surface area contributed by atoms with E-state index >= 15 is 0 Å². The van der Waals surface area contributed by atoms with E-state index in [4.69, 9.17) is 14.2 Å². The summed E-state index contributed by atoms with van der Waals surface area (Å²) in [7, 11) is 3.11. The molecule has 5 heteroatoms. The van der Waals surface area contributed by atoms with Gasteiger partial charge in [0.1, 0.15) is 0 Å². The smallest absolute Gasteiger partial charge is 0.219 e. The van der Waals surface area contributed by atoms with Crippen LogP contribution >= 0.6 is 0 Å². The molecule has 1 aromatic heterocycles. The molecule has 1 unspecified atom stereocenters. The number of ether oxygens (including phenoxy) is 3. The second kappa shape index (κ2) is 6.25. The highest BCUT2D eigenvalue weighted by molar-refractivity contribution is 5.52. The molecule has 0 aliphatic rings. The highest BCUT2D eigenvalue weighted by Gasteiger charge is 2.13. The maximum atomic E-state index is 9.58. The van der Waals surface area contributed by atoms with Crippen LogP contribution < -0.4 is 14.2 Å². The van der Waals surface area contributed by atoms with Gasteiger partial charge in [-0.25, -0.2) is 4.98 Å². The number of para-hydroxylation sites is 1. The molecule has 0 aliphatic carbocycles. The average molecular weight is 275 g/mol. The van der Waals surface area contributed by atoms with Gasteiger partial charge in [0.15, 0.2) is 11.5 Å². The minimum atomic E-state index is -0.583. The third-order valence-electron chi connectivity index (χ3n) is 2.83. The van der Waals surface area contributed by atoms with Crippen molar-refractivity contribution >= 4 is 0 Å². The van der Waals surface area contributed by atoms with Gasteiger partial charge < -0.3 is 19.3 Å². The van der Waals surface area contributed by atoms with Gasteiger partial charge in [0.25, 0.3) is 0 Å². The number of aromatic nitrogens is 1. The molecular formula is C15H17NO4. The summed E-state index contributed by atoms with van der Waals surface area (Å²) in [5, 5.41) is 9.58. The van der Waals surface area contributed by atoms with E-state index in [1.807, 2.05) is 6.07 Å². The van der Waals surface area contributed by atoms with Crippen LogP contribution in [0.4, 0.5) is 0 Å². The highest BCUT2D eigenvalue weighted by Crippen LogP contribution is 2.39. The molecule has 1 heterocycles. The van der Waals surface area contributed by atoms with Crippen LogP contribution in [0.25, 0.3) is 0 Å². The summed E-state index contributed by atoms with van der Waals surface area (Å²) in [6.45, 7) is 1.68. The Bertz CT molecular complexity index is 562. The van der Waals surface area contributed by atoms with E-state index in [9.17, 15) is 5.11 Å². The van der Waals surface area contributed by atoms with Crippen molar-refractivity contribution in [1.29, 1.82) is 0 Å². The van der Waals surface area contributed by atoms with Crippen LogP contribution in [0.2, 0.25) is 0 Å². The van der Waals surface area contributed by atoms with E-state index < -0.39 is 6.10 Å². The summed E-state index contributed by atoms with van der Waals surface area (Å²) in [6.07, 6.45) is 0.999. The predicted molar refractivity (Wildman–Crippen MR) is 74.5 cm³/mol. The molecule has 20 heavy (non-hydrogen) atoms. The van der Waals surface area contributed by atoms with Gasteiger partial charge in [-0.2, -0.15) is 0 Å². The van der Waals surface area contributed by atoms with Gasteiger partial charge in [0, 0.05) is 12.3 Å². The van der Waals surface area contributed by atoms with Crippen molar-refractivity contribution in [3.05, 3.63) is 42.1 Å². The Labute approximate surface area is 117 Å². The number of methoxy groups -OCH3 is 2. The van der Waals surface area contributed by atoms with E-state index in [1.165, 1.54) is 0 Å². The summed E-state index contributed by atoms with van der Waals surface area (Å²) in [6, 6.07) is 8.77. The van der Waals surface area contributed by atoms with Crippen LogP contribution in [0.1, 0.15) is 18.6 Å². The fourth-order valence-electron chi connectivity index (χ4n) is 1.76. The van der Waals surface area contributed by atoms with Crippen LogP contribution in [0.3, 0.4) is 0 Å². The second-order valence-electron chi connectivity index (χ2n) is 4.20. The molecule has 2 rings (SSSR count). The fraction of sp³-hybridized carbons (Fsp3) is 0.267. The van der Waals surface area contributed by atoms with Gasteiger partial charge in [-0.15, -0.1) is 0 Å². The molecular weight excluding hydrogens is 258 g/mol. The summed E-state index contributed by atoms with van der Waals surface area (Å²) in [4.78, 5) is 4.12. The Balaban J connectivity index is 2.36. The van der Waals surface area contributed by atoms with Crippen molar-refractivity contribution < 1.29 is 19.3 Å². The Hall–Kier alpha value is -2.27. The Morgan fingerprint density at radius 3 is 2.30 bits per heavy atom. The van der Waals surface area contributed by atoms with Gasteiger partial charge in [-0.3, -0.25) is 0 Å². The lowest BCUT2D eigenvalue weighted by Crippen LogP contribution is -1.97. The number of pyridine rings is 1. The van der Waals surface area contributed by atoms with E-state index in [0.717, 1.165) is 5.56 Å². The fourth-order valence-corrected chi connectivity index (χ4v) is 1.76. The maximum Gasteiger partial charge on any atom is 0.219 e. The summed E-state index contributed by atoms with van der Waals surface area (Å²) < 4.78 is 16.3. The molecule has 0 spiro atoms. The van der Waals surface area contributed by atoms with Crippen molar-refractivity contribution in [3.8, 4) is 23.1 Å². The minimum Gasteiger partial charge on any atom is -0.493 e. The number of nitrogens with zero attached hydrogens (tertiary/aromatic N) is 1.